The van der Waals surface area contributed by atoms with Crippen molar-refractivity contribution < 1.29 is 4.39 Å². The summed E-state index contributed by atoms with van der Waals surface area (Å²) in [6.45, 7) is 1.92. The monoisotopic (exact) mass is 284 g/mol. The highest BCUT2D eigenvalue weighted by atomic mass is 35.5. The van der Waals surface area contributed by atoms with Crippen LogP contribution in [0.25, 0.3) is 0 Å². The van der Waals surface area contributed by atoms with Gasteiger partial charge in [-0.1, -0.05) is 29.3 Å². The first-order valence-electron chi connectivity index (χ1n) is 5.25. The van der Waals surface area contributed by atoms with Crippen molar-refractivity contribution in [1.29, 1.82) is 0 Å². The molecule has 2 rings (SSSR count). The van der Waals surface area contributed by atoms with Gasteiger partial charge in [0.15, 0.2) is 0 Å². The van der Waals surface area contributed by atoms with Crippen LogP contribution in [0.3, 0.4) is 0 Å². The summed E-state index contributed by atoms with van der Waals surface area (Å²) in [4.78, 5) is 0. The molecule has 0 atom stereocenters. The van der Waals surface area contributed by atoms with Crippen molar-refractivity contribution in [2.24, 2.45) is 0 Å². The fourth-order valence-corrected chi connectivity index (χ4v) is 1.89. The van der Waals surface area contributed by atoms with Gasteiger partial charge in [0.25, 0.3) is 0 Å². The third kappa shape index (κ3) is 2.68. The molecule has 0 spiro atoms. The zero-order valence-electron chi connectivity index (χ0n) is 9.60. The van der Waals surface area contributed by atoms with E-state index in [2.05, 4.69) is 5.32 Å². The minimum Gasteiger partial charge on any atom is -0.397 e. The number of nitrogens with two attached hydrogens (primary N) is 1. The SMILES string of the molecule is Cc1ccc(Cl)cc1Nc1cc(F)c(Cl)cc1N. The number of benzene rings is 2. The highest BCUT2D eigenvalue weighted by molar-refractivity contribution is 6.31. The van der Waals surface area contributed by atoms with Gasteiger partial charge in [0.1, 0.15) is 5.82 Å². The van der Waals surface area contributed by atoms with Crippen LogP contribution in [0.4, 0.5) is 21.5 Å². The molecule has 0 saturated carbocycles. The van der Waals surface area contributed by atoms with E-state index in [-0.39, 0.29) is 5.02 Å². The number of rotatable bonds is 2. The van der Waals surface area contributed by atoms with Gasteiger partial charge in [0.05, 0.1) is 16.4 Å². The molecule has 0 aliphatic carbocycles. The van der Waals surface area contributed by atoms with Gasteiger partial charge in [-0.05, 0) is 30.7 Å². The van der Waals surface area contributed by atoms with Gasteiger partial charge in [-0.3, -0.25) is 0 Å². The Labute approximate surface area is 115 Å². The normalized spacial score (nSPS) is 10.4. The molecule has 0 bridgehead atoms. The fraction of sp³-hybridized carbons (Fsp3) is 0.0769. The van der Waals surface area contributed by atoms with Crippen molar-refractivity contribution in [2.75, 3.05) is 11.1 Å². The van der Waals surface area contributed by atoms with Gasteiger partial charge < -0.3 is 11.1 Å². The molecule has 2 aromatic carbocycles. The van der Waals surface area contributed by atoms with E-state index < -0.39 is 5.82 Å². The summed E-state index contributed by atoms with van der Waals surface area (Å²) in [5.74, 6) is -0.520. The Balaban J connectivity index is 2.40. The van der Waals surface area contributed by atoms with Crippen molar-refractivity contribution in [3.8, 4) is 0 Å². The number of halogens is 3. The van der Waals surface area contributed by atoms with Crippen LogP contribution in [0, 0.1) is 12.7 Å². The first-order valence-corrected chi connectivity index (χ1v) is 6.00. The van der Waals surface area contributed by atoms with E-state index in [0.29, 0.717) is 16.4 Å². The molecule has 0 radical (unpaired) electrons. The van der Waals surface area contributed by atoms with Crippen LogP contribution >= 0.6 is 23.2 Å². The second-order valence-electron chi connectivity index (χ2n) is 3.94. The van der Waals surface area contributed by atoms with Gasteiger partial charge in [-0.15, -0.1) is 0 Å². The first-order chi connectivity index (χ1) is 8.47. The van der Waals surface area contributed by atoms with E-state index >= 15 is 0 Å². The maximum absolute atomic E-state index is 13.4. The first kappa shape index (κ1) is 13.0. The third-order valence-corrected chi connectivity index (χ3v) is 3.09. The van der Waals surface area contributed by atoms with Gasteiger partial charge in [-0.25, -0.2) is 4.39 Å². The molecule has 2 nitrogen and oxygen atoms in total. The van der Waals surface area contributed by atoms with Crippen molar-refractivity contribution in [3.05, 3.63) is 51.8 Å². The summed E-state index contributed by atoms with van der Waals surface area (Å²) < 4.78 is 13.4. The largest absolute Gasteiger partial charge is 0.397 e. The van der Waals surface area contributed by atoms with Gasteiger partial charge in [0.2, 0.25) is 0 Å². The Morgan fingerprint density at radius 3 is 2.56 bits per heavy atom. The Morgan fingerprint density at radius 1 is 1.11 bits per heavy atom. The number of nitrogens with one attached hydrogen (secondary N) is 1. The summed E-state index contributed by atoms with van der Waals surface area (Å²) in [6, 6.07) is 8.04. The molecule has 18 heavy (non-hydrogen) atoms. The molecule has 0 unspecified atom stereocenters. The van der Waals surface area contributed by atoms with Gasteiger partial charge in [0, 0.05) is 16.8 Å². The summed E-state index contributed by atoms with van der Waals surface area (Å²) >= 11 is 11.6. The average Bonchev–Trinajstić information content (AvgIpc) is 2.30. The van der Waals surface area contributed by atoms with Crippen molar-refractivity contribution in [2.45, 2.75) is 6.92 Å². The van der Waals surface area contributed by atoms with Crippen LogP contribution in [0.5, 0.6) is 0 Å². The molecule has 0 amide bonds. The average molecular weight is 285 g/mol. The van der Waals surface area contributed by atoms with Crippen molar-refractivity contribution >= 4 is 40.3 Å². The number of hydrogen-bond acceptors (Lipinski definition) is 2. The van der Waals surface area contributed by atoms with E-state index in [0.717, 1.165) is 11.3 Å². The molecule has 0 saturated heterocycles. The van der Waals surface area contributed by atoms with E-state index in [4.69, 9.17) is 28.9 Å². The second kappa shape index (κ2) is 5.04. The molecule has 5 heteroatoms. The predicted octanol–water partition coefficient (Wildman–Crippen LogP) is 4.77. The molecule has 2 aromatic rings. The molecule has 0 aliphatic rings. The van der Waals surface area contributed by atoms with Crippen LogP contribution in [0.2, 0.25) is 10.0 Å². The maximum Gasteiger partial charge on any atom is 0.144 e. The Bertz CT molecular complexity index is 600. The molecular weight excluding hydrogens is 274 g/mol. The molecule has 94 valence electrons. The van der Waals surface area contributed by atoms with Crippen LogP contribution in [0.15, 0.2) is 30.3 Å². The zero-order chi connectivity index (χ0) is 13.3. The highest BCUT2D eigenvalue weighted by Crippen LogP contribution is 2.30. The minimum absolute atomic E-state index is 0.000802. The van der Waals surface area contributed by atoms with Crippen molar-refractivity contribution in [3.63, 3.8) is 0 Å². The summed E-state index contributed by atoms with van der Waals surface area (Å²) in [7, 11) is 0. The predicted molar refractivity (Wildman–Crippen MR) is 75.3 cm³/mol. The highest BCUT2D eigenvalue weighted by Gasteiger charge is 2.08. The van der Waals surface area contributed by atoms with E-state index in [1.807, 2.05) is 13.0 Å². The molecule has 0 aromatic heterocycles. The lowest BCUT2D eigenvalue weighted by molar-refractivity contribution is 0.629. The summed E-state index contributed by atoms with van der Waals surface area (Å²) in [5.41, 5.74) is 8.37. The fourth-order valence-electron chi connectivity index (χ4n) is 1.54. The van der Waals surface area contributed by atoms with E-state index in [1.165, 1.54) is 12.1 Å². The van der Waals surface area contributed by atoms with Crippen LogP contribution in [-0.2, 0) is 0 Å². The van der Waals surface area contributed by atoms with E-state index in [9.17, 15) is 4.39 Å². The number of nitrogen functional groups attached to an aromatic ring is 1. The van der Waals surface area contributed by atoms with Crippen LogP contribution < -0.4 is 11.1 Å². The Kier molecular flexibility index (Phi) is 3.64. The number of aryl methyl sites for hydroxylation is 1. The van der Waals surface area contributed by atoms with E-state index in [1.54, 1.807) is 12.1 Å². The van der Waals surface area contributed by atoms with Crippen LogP contribution in [-0.4, -0.2) is 0 Å². The maximum atomic E-state index is 13.4. The lowest BCUT2D eigenvalue weighted by atomic mass is 10.2. The topological polar surface area (TPSA) is 38.0 Å². The molecule has 3 N–H and O–H groups in total. The zero-order valence-corrected chi connectivity index (χ0v) is 11.1. The molecule has 0 heterocycles. The van der Waals surface area contributed by atoms with Gasteiger partial charge >= 0.3 is 0 Å². The smallest absolute Gasteiger partial charge is 0.144 e. The third-order valence-electron chi connectivity index (χ3n) is 2.56. The van der Waals surface area contributed by atoms with Crippen LogP contribution in [0.1, 0.15) is 5.56 Å². The van der Waals surface area contributed by atoms with Gasteiger partial charge in [-0.2, -0.15) is 0 Å². The van der Waals surface area contributed by atoms with Crippen molar-refractivity contribution in [1.82, 2.24) is 0 Å². The number of hydrogen-bond donors (Lipinski definition) is 2. The summed E-state index contributed by atoms with van der Waals surface area (Å²) in [5, 5.41) is 3.64. The Hall–Kier alpha value is -1.45. The lowest BCUT2D eigenvalue weighted by Crippen LogP contribution is -1.99. The lowest BCUT2D eigenvalue weighted by Gasteiger charge is -2.12. The minimum atomic E-state index is -0.520. The molecule has 0 fully saturated rings. The molecule has 0 aliphatic heterocycles. The summed E-state index contributed by atoms with van der Waals surface area (Å²) in [6.07, 6.45) is 0. The standard InChI is InChI=1S/C13H11Cl2FN2/c1-7-2-3-8(14)4-12(7)18-13-6-10(16)9(15)5-11(13)17/h2-6,18H,17H2,1H3. The Morgan fingerprint density at radius 2 is 1.83 bits per heavy atom. The quantitative estimate of drug-likeness (QED) is 0.780. The molecular formula is C13H11Cl2FN2. The second-order valence-corrected chi connectivity index (χ2v) is 4.78. The number of anilines is 3.